The fourth-order valence-electron chi connectivity index (χ4n) is 0.581. The predicted octanol–water partition coefficient (Wildman–Crippen LogP) is 2.28. The summed E-state index contributed by atoms with van der Waals surface area (Å²) in [7, 11) is 0. The summed E-state index contributed by atoms with van der Waals surface area (Å²) >= 11 is 3.84. The SMILES string of the molecule is S/C=N/c1ccccc1. The first-order chi connectivity index (χ1) is 4.43. The van der Waals surface area contributed by atoms with Crippen molar-refractivity contribution in [2.75, 3.05) is 0 Å². The zero-order valence-corrected chi connectivity index (χ0v) is 5.75. The van der Waals surface area contributed by atoms with Gasteiger partial charge in [-0.1, -0.05) is 18.2 Å². The number of nitrogens with zero attached hydrogens (tertiary/aromatic N) is 1. The van der Waals surface area contributed by atoms with Gasteiger partial charge in [-0.2, -0.15) is 0 Å². The molecule has 0 aliphatic heterocycles. The van der Waals surface area contributed by atoms with Gasteiger partial charge in [0.15, 0.2) is 0 Å². The molecule has 1 nitrogen and oxygen atoms in total. The van der Waals surface area contributed by atoms with E-state index >= 15 is 0 Å². The molecule has 46 valence electrons. The van der Waals surface area contributed by atoms with Gasteiger partial charge in [-0.3, -0.25) is 4.99 Å². The first-order valence-electron chi connectivity index (χ1n) is 2.65. The van der Waals surface area contributed by atoms with Gasteiger partial charge < -0.3 is 0 Å². The van der Waals surface area contributed by atoms with Gasteiger partial charge in [-0.15, -0.1) is 12.6 Å². The Bertz CT molecular complexity index is 193. The monoisotopic (exact) mass is 137 g/mol. The van der Waals surface area contributed by atoms with E-state index in [0.29, 0.717) is 0 Å². The number of rotatable bonds is 1. The molecular formula is C7H7NS. The average molecular weight is 137 g/mol. The van der Waals surface area contributed by atoms with Crippen LogP contribution in [0.15, 0.2) is 35.3 Å². The van der Waals surface area contributed by atoms with E-state index in [1.165, 1.54) is 5.55 Å². The quantitative estimate of drug-likeness (QED) is 0.346. The number of aliphatic imine (C=N–C) groups is 1. The van der Waals surface area contributed by atoms with Crippen LogP contribution in [0, 0.1) is 0 Å². The molecule has 0 bridgehead atoms. The molecule has 0 aliphatic carbocycles. The molecule has 0 amide bonds. The summed E-state index contributed by atoms with van der Waals surface area (Å²) in [6.07, 6.45) is 0. The highest BCUT2D eigenvalue weighted by Gasteiger charge is 1.78. The molecule has 0 saturated carbocycles. The number of benzene rings is 1. The zero-order chi connectivity index (χ0) is 6.53. The first kappa shape index (κ1) is 6.36. The number of para-hydroxylation sites is 1. The smallest absolute Gasteiger partial charge is 0.0635 e. The van der Waals surface area contributed by atoms with Crippen molar-refractivity contribution >= 4 is 23.9 Å². The molecule has 1 rings (SSSR count). The van der Waals surface area contributed by atoms with Crippen molar-refractivity contribution in [2.45, 2.75) is 0 Å². The lowest BCUT2D eigenvalue weighted by molar-refractivity contribution is 1.55. The molecule has 2 heteroatoms. The van der Waals surface area contributed by atoms with Gasteiger partial charge in [0.05, 0.1) is 11.2 Å². The molecule has 0 N–H and O–H groups in total. The van der Waals surface area contributed by atoms with Crippen LogP contribution >= 0.6 is 12.6 Å². The van der Waals surface area contributed by atoms with Gasteiger partial charge in [-0.25, -0.2) is 0 Å². The van der Waals surface area contributed by atoms with Crippen molar-refractivity contribution < 1.29 is 0 Å². The second kappa shape index (κ2) is 3.30. The Labute approximate surface area is 59.8 Å². The van der Waals surface area contributed by atoms with Crippen molar-refractivity contribution in [3.8, 4) is 0 Å². The number of thiol groups is 1. The predicted molar refractivity (Wildman–Crippen MR) is 43.6 cm³/mol. The lowest BCUT2D eigenvalue weighted by Gasteiger charge is -1.86. The van der Waals surface area contributed by atoms with Crippen LogP contribution in [0.3, 0.4) is 0 Å². The highest BCUT2D eigenvalue weighted by atomic mass is 32.1. The Morgan fingerprint density at radius 3 is 2.44 bits per heavy atom. The summed E-state index contributed by atoms with van der Waals surface area (Å²) < 4.78 is 0. The Hall–Kier alpha value is -0.760. The van der Waals surface area contributed by atoms with E-state index in [-0.39, 0.29) is 0 Å². The Balaban J connectivity index is 2.85. The van der Waals surface area contributed by atoms with Crippen molar-refractivity contribution in [1.82, 2.24) is 0 Å². The van der Waals surface area contributed by atoms with E-state index in [0.717, 1.165) is 5.69 Å². The molecule has 0 radical (unpaired) electrons. The van der Waals surface area contributed by atoms with Crippen LogP contribution in [0.4, 0.5) is 5.69 Å². The third-order valence-corrected chi connectivity index (χ3v) is 1.08. The molecule has 0 aliphatic rings. The van der Waals surface area contributed by atoms with Gasteiger partial charge in [0.1, 0.15) is 0 Å². The van der Waals surface area contributed by atoms with Crippen LogP contribution in [-0.2, 0) is 0 Å². The topological polar surface area (TPSA) is 12.4 Å². The summed E-state index contributed by atoms with van der Waals surface area (Å²) in [6, 6.07) is 9.68. The van der Waals surface area contributed by atoms with E-state index in [4.69, 9.17) is 0 Å². The Kier molecular flexibility index (Phi) is 2.33. The molecule has 9 heavy (non-hydrogen) atoms. The van der Waals surface area contributed by atoms with Gasteiger partial charge in [0.2, 0.25) is 0 Å². The van der Waals surface area contributed by atoms with E-state index in [1.54, 1.807) is 0 Å². The Morgan fingerprint density at radius 1 is 1.22 bits per heavy atom. The molecular weight excluding hydrogens is 130 g/mol. The van der Waals surface area contributed by atoms with Gasteiger partial charge >= 0.3 is 0 Å². The van der Waals surface area contributed by atoms with E-state index < -0.39 is 0 Å². The van der Waals surface area contributed by atoms with Crippen LogP contribution in [0.5, 0.6) is 0 Å². The maximum absolute atomic E-state index is 3.95. The van der Waals surface area contributed by atoms with E-state index in [1.807, 2.05) is 30.3 Å². The van der Waals surface area contributed by atoms with Gasteiger partial charge in [-0.05, 0) is 12.1 Å². The maximum atomic E-state index is 3.95. The summed E-state index contributed by atoms with van der Waals surface area (Å²) in [6.45, 7) is 0. The summed E-state index contributed by atoms with van der Waals surface area (Å²) in [5, 5.41) is 0. The minimum Gasteiger partial charge on any atom is -0.250 e. The van der Waals surface area contributed by atoms with Crippen LogP contribution in [0.2, 0.25) is 0 Å². The molecule has 0 heterocycles. The highest BCUT2D eigenvalue weighted by molar-refractivity contribution is 7.94. The van der Waals surface area contributed by atoms with Crippen LogP contribution in [-0.4, -0.2) is 5.55 Å². The van der Waals surface area contributed by atoms with Gasteiger partial charge in [0.25, 0.3) is 0 Å². The molecule has 0 aromatic heterocycles. The largest absolute Gasteiger partial charge is 0.250 e. The summed E-state index contributed by atoms with van der Waals surface area (Å²) in [5.41, 5.74) is 2.42. The fourth-order valence-corrected chi connectivity index (χ4v) is 0.714. The Morgan fingerprint density at radius 2 is 1.89 bits per heavy atom. The lowest BCUT2D eigenvalue weighted by atomic mass is 10.3. The van der Waals surface area contributed by atoms with E-state index in [9.17, 15) is 0 Å². The molecule has 0 fully saturated rings. The highest BCUT2D eigenvalue weighted by Crippen LogP contribution is 2.08. The normalized spacial score (nSPS) is 10.3. The van der Waals surface area contributed by atoms with Crippen molar-refractivity contribution in [2.24, 2.45) is 4.99 Å². The molecule has 0 spiro atoms. The lowest BCUT2D eigenvalue weighted by Crippen LogP contribution is -1.60. The zero-order valence-electron chi connectivity index (χ0n) is 4.86. The van der Waals surface area contributed by atoms with Crippen molar-refractivity contribution in [3.63, 3.8) is 0 Å². The second-order valence-corrected chi connectivity index (χ2v) is 1.81. The second-order valence-electron chi connectivity index (χ2n) is 1.58. The maximum Gasteiger partial charge on any atom is 0.0635 e. The summed E-state index contributed by atoms with van der Waals surface area (Å²) in [4.78, 5) is 3.95. The van der Waals surface area contributed by atoms with Crippen LogP contribution < -0.4 is 0 Å². The standard InChI is InChI=1S/C7H7NS/c9-6-8-7-4-2-1-3-5-7/h1-6H,(H,8,9). The fraction of sp³-hybridized carbons (Fsp3) is 0. The molecule has 0 atom stereocenters. The van der Waals surface area contributed by atoms with Crippen LogP contribution in [0.1, 0.15) is 0 Å². The molecule has 1 aromatic rings. The van der Waals surface area contributed by atoms with Crippen molar-refractivity contribution in [1.29, 1.82) is 0 Å². The molecule has 1 aromatic carbocycles. The van der Waals surface area contributed by atoms with Crippen molar-refractivity contribution in [3.05, 3.63) is 30.3 Å². The first-order valence-corrected chi connectivity index (χ1v) is 3.17. The molecule has 0 unspecified atom stereocenters. The molecule has 0 saturated heterocycles. The summed E-state index contributed by atoms with van der Waals surface area (Å²) in [5.74, 6) is 0. The van der Waals surface area contributed by atoms with Gasteiger partial charge in [0, 0.05) is 0 Å². The third-order valence-electron chi connectivity index (χ3n) is 0.963. The minimum atomic E-state index is 0.938. The number of hydrogen-bond donors (Lipinski definition) is 1. The van der Waals surface area contributed by atoms with E-state index in [2.05, 4.69) is 17.6 Å². The number of hydrogen-bond acceptors (Lipinski definition) is 1. The minimum absolute atomic E-state index is 0.938. The third kappa shape index (κ3) is 1.90. The van der Waals surface area contributed by atoms with Crippen LogP contribution in [0.25, 0.3) is 0 Å². The average Bonchev–Trinajstić information content (AvgIpc) is 1.91.